The van der Waals surface area contributed by atoms with Crippen molar-refractivity contribution in [1.82, 2.24) is 4.57 Å². The summed E-state index contributed by atoms with van der Waals surface area (Å²) in [4.78, 5) is 25.9. The van der Waals surface area contributed by atoms with Crippen molar-refractivity contribution >= 4 is 40.3 Å². The van der Waals surface area contributed by atoms with Gasteiger partial charge in [0.2, 0.25) is 0 Å². The third-order valence-corrected chi connectivity index (χ3v) is 5.92. The number of anilines is 1. The zero-order valence-corrected chi connectivity index (χ0v) is 19.5. The average molecular weight is 462 g/mol. The van der Waals surface area contributed by atoms with E-state index in [4.69, 9.17) is 4.74 Å². The lowest BCUT2D eigenvalue weighted by molar-refractivity contribution is -0.152. The van der Waals surface area contributed by atoms with Gasteiger partial charge in [-0.05, 0) is 52.0 Å². The molecule has 1 aliphatic rings. The Kier molecular flexibility index (Phi) is 6.12. The van der Waals surface area contributed by atoms with Crippen molar-refractivity contribution in [3.05, 3.63) is 71.4 Å². The minimum absolute atomic E-state index is 0.288. The van der Waals surface area contributed by atoms with Crippen molar-refractivity contribution in [2.45, 2.75) is 39.5 Å². The van der Waals surface area contributed by atoms with Crippen LogP contribution < -0.4 is 5.01 Å². The molecular weight excluding hydrogens is 434 g/mol. The van der Waals surface area contributed by atoms with E-state index in [2.05, 4.69) is 5.10 Å². The van der Waals surface area contributed by atoms with Crippen LogP contribution in [0.15, 0.2) is 65.4 Å². The number of rotatable bonds is 6. The highest BCUT2D eigenvalue weighted by Crippen LogP contribution is 2.32. The molecule has 2 N–H and O–H groups in total. The molecule has 0 spiro atoms. The van der Waals surface area contributed by atoms with E-state index in [9.17, 15) is 19.8 Å². The van der Waals surface area contributed by atoms with Crippen molar-refractivity contribution in [3.8, 4) is 0 Å². The maximum atomic E-state index is 13.2. The lowest BCUT2D eigenvalue weighted by atomic mass is 10.1. The number of para-hydroxylation sites is 1. The lowest BCUT2D eigenvalue weighted by Crippen LogP contribution is -2.36. The Morgan fingerprint density at radius 2 is 1.82 bits per heavy atom. The van der Waals surface area contributed by atoms with Gasteiger partial charge in [0.05, 0.1) is 23.6 Å². The Labute approximate surface area is 197 Å². The number of aromatic nitrogens is 1. The smallest absolute Gasteiger partial charge is 0.331 e. The first-order chi connectivity index (χ1) is 16.1. The van der Waals surface area contributed by atoms with Crippen LogP contribution in [0.5, 0.6) is 0 Å². The van der Waals surface area contributed by atoms with E-state index in [1.807, 2.05) is 35.0 Å². The summed E-state index contributed by atoms with van der Waals surface area (Å²) in [6.07, 6.45) is 2.06. The Balaban J connectivity index is 1.74. The van der Waals surface area contributed by atoms with Crippen LogP contribution in [0.3, 0.4) is 0 Å². The van der Waals surface area contributed by atoms with E-state index in [0.717, 1.165) is 16.5 Å². The lowest BCUT2D eigenvalue weighted by Gasteiger charge is -2.25. The molecule has 8 heteroatoms. The van der Waals surface area contributed by atoms with Gasteiger partial charge < -0.3 is 19.5 Å². The van der Waals surface area contributed by atoms with Crippen molar-refractivity contribution < 1.29 is 24.5 Å². The first-order valence-electron chi connectivity index (χ1n) is 11.0. The molecule has 2 aromatic carbocycles. The number of benzene rings is 2. The number of ether oxygens (including phenoxy) is 1. The van der Waals surface area contributed by atoms with Gasteiger partial charge in [-0.25, -0.2) is 4.79 Å². The number of hydrazone groups is 1. The third-order valence-electron chi connectivity index (χ3n) is 5.92. The maximum absolute atomic E-state index is 13.2. The van der Waals surface area contributed by atoms with Crippen LogP contribution in [-0.2, 0) is 19.9 Å². The summed E-state index contributed by atoms with van der Waals surface area (Å²) < 4.78 is 7.16. The van der Waals surface area contributed by atoms with Gasteiger partial charge in [0.1, 0.15) is 5.54 Å². The van der Waals surface area contributed by atoms with Gasteiger partial charge in [0.25, 0.3) is 5.91 Å². The molecule has 0 atom stereocenters. The second kappa shape index (κ2) is 8.89. The number of fused-ring (bicyclic) bond motifs is 1. The molecule has 0 saturated heterocycles. The van der Waals surface area contributed by atoms with Crippen molar-refractivity contribution in [1.29, 1.82) is 0 Å². The van der Waals surface area contributed by atoms with E-state index in [1.54, 1.807) is 45.9 Å². The molecule has 1 aliphatic heterocycles. The van der Waals surface area contributed by atoms with Crippen LogP contribution in [0.4, 0.5) is 5.69 Å². The molecular formula is C26H27N3O5. The van der Waals surface area contributed by atoms with Gasteiger partial charge in [-0.15, -0.1) is 0 Å². The molecule has 1 aromatic heterocycles. The summed E-state index contributed by atoms with van der Waals surface area (Å²) >= 11 is 0. The van der Waals surface area contributed by atoms with Gasteiger partial charge in [0.15, 0.2) is 6.29 Å². The molecule has 0 radical (unpaired) electrons. The Hall–Kier alpha value is -3.75. The Morgan fingerprint density at radius 1 is 1.15 bits per heavy atom. The second-order valence-corrected chi connectivity index (χ2v) is 8.58. The highest BCUT2D eigenvalue weighted by atomic mass is 16.5. The first kappa shape index (κ1) is 23.4. The minimum Gasteiger partial charge on any atom is -0.464 e. The average Bonchev–Trinajstić information content (AvgIpc) is 3.32. The molecule has 0 bridgehead atoms. The number of hydrogen-bond acceptors (Lipinski definition) is 6. The van der Waals surface area contributed by atoms with Gasteiger partial charge >= 0.3 is 5.97 Å². The molecule has 0 fully saturated rings. The molecule has 0 saturated carbocycles. The summed E-state index contributed by atoms with van der Waals surface area (Å²) in [5.74, 6) is -0.636. The van der Waals surface area contributed by atoms with Gasteiger partial charge in [-0.1, -0.05) is 30.3 Å². The SMILES string of the molecule is CCOC(=O)C(C)(C)n1cc(C=C2C(=O)N(c3ccc(C(O)O)cc3)N=C2C)c2ccccc21. The standard InChI is InChI=1S/C26H27N3O5/c1-5-34-25(33)26(3,4)28-15-18(20-8-6-7-9-22(20)28)14-21-16(2)27-29(23(21)30)19-12-10-17(11-13-19)24(31)32/h6-15,24,31-32H,5H2,1-4H3. The predicted octanol–water partition coefficient (Wildman–Crippen LogP) is 3.73. The second-order valence-electron chi connectivity index (χ2n) is 8.58. The Bertz CT molecular complexity index is 1320. The van der Waals surface area contributed by atoms with Crippen molar-refractivity contribution in [2.75, 3.05) is 11.6 Å². The van der Waals surface area contributed by atoms with Crippen LogP contribution >= 0.6 is 0 Å². The number of hydrogen-bond donors (Lipinski definition) is 2. The zero-order valence-electron chi connectivity index (χ0n) is 19.5. The van der Waals surface area contributed by atoms with E-state index in [1.165, 1.54) is 17.1 Å². The fraction of sp³-hybridized carbons (Fsp3) is 0.269. The van der Waals surface area contributed by atoms with Crippen molar-refractivity contribution in [2.24, 2.45) is 5.10 Å². The molecule has 34 heavy (non-hydrogen) atoms. The minimum atomic E-state index is -1.58. The number of esters is 1. The fourth-order valence-electron chi connectivity index (χ4n) is 3.99. The molecule has 176 valence electrons. The summed E-state index contributed by atoms with van der Waals surface area (Å²) in [6.45, 7) is 7.43. The normalized spacial score (nSPS) is 15.5. The summed E-state index contributed by atoms with van der Waals surface area (Å²) in [5, 5.41) is 25.2. The molecule has 4 rings (SSSR count). The van der Waals surface area contributed by atoms with Crippen molar-refractivity contribution in [3.63, 3.8) is 0 Å². The molecule has 0 unspecified atom stereocenters. The van der Waals surface area contributed by atoms with Gasteiger partial charge in [-0.3, -0.25) is 4.79 Å². The van der Waals surface area contributed by atoms with Crippen LogP contribution in [0.1, 0.15) is 45.1 Å². The number of nitrogens with zero attached hydrogens (tertiary/aromatic N) is 3. The number of aliphatic hydroxyl groups excluding tert-OH is 1. The maximum Gasteiger partial charge on any atom is 0.331 e. The van der Waals surface area contributed by atoms with Crippen LogP contribution in [0.25, 0.3) is 17.0 Å². The zero-order chi connectivity index (χ0) is 24.6. The largest absolute Gasteiger partial charge is 0.464 e. The first-order valence-corrected chi connectivity index (χ1v) is 11.0. The number of carbonyl (C=O) groups excluding carboxylic acids is 2. The topological polar surface area (TPSA) is 104 Å². The molecule has 0 aliphatic carbocycles. The van der Waals surface area contributed by atoms with Gasteiger partial charge in [-0.2, -0.15) is 10.1 Å². The fourth-order valence-corrected chi connectivity index (χ4v) is 3.99. The van der Waals surface area contributed by atoms with E-state index in [0.29, 0.717) is 22.5 Å². The number of amides is 1. The summed E-state index contributed by atoms with van der Waals surface area (Å²) in [5.41, 5.74) is 2.52. The number of carbonyl (C=O) groups is 2. The quantitative estimate of drug-likeness (QED) is 0.331. The van der Waals surface area contributed by atoms with E-state index >= 15 is 0 Å². The van der Waals surface area contributed by atoms with Crippen LogP contribution in [0.2, 0.25) is 0 Å². The van der Waals surface area contributed by atoms with E-state index in [-0.39, 0.29) is 18.5 Å². The monoisotopic (exact) mass is 461 g/mol. The summed E-state index contributed by atoms with van der Waals surface area (Å²) in [7, 11) is 0. The molecule has 2 heterocycles. The van der Waals surface area contributed by atoms with E-state index < -0.39 is 11.8 Å². The van der Waals surface area contributed by atoms with Crippen LogP contribution in [0, 0.1) is 0 Å². The Morgan fingerprint density at radius 3 is 2.47 bits per heavy atom. The highest BCUT2D eigenvalue weighted by Gasteiger charge is 2.34. The van der Waals surface area contributed by atoms with Crippen LogP contribution in [-0.4, -0.2) is 39.0 Å². The highest BCUT2D eigenvalue weighted by molar-refractivity contribution is 6.32. The third kappa shape index (κ3) is 4.02. The molecule has 8 nitrogen and oxygen atoms in total. The summed E-state index contributed by atoms with van der Waals surface area (Å²) in [6, 6.07) is 14.0. The van der Waals surface area contributed by atoms with Gasteiger partial charge in [0, 0.05) is 28.2 Å². The molecule has 1 amide bonds. The number of aliphatic hydroxyl groups is 2. The molecule has 3 aromatic rings. The predicted molar refractivity (Wildman–Crippen MR) is 130 cm³/mol.